The van der Waals surface area contributed by atoms with E-state index < -0.39 is 42.2 Å². The zero-order valence-electron chi connectivity index (χ0n) is 38.3. The molecule has 8 rings (SSSR count). The summed E-state index contributed by atoms with van der Waals surface area (Å²) in [5.74, 6) is -1.87. The molecule has 4 aliphatic rings. The number of aromatic nitrogens is 1. The van der Waals surface area contributed by atoms with E-state index in [9.17, 15) is 33.2 Å². The summed E-state index contributed by atoms with van der Waals surface area (Å²) < 4.78 is 37.3. The van der Waals surface area contributed by atoms with E-state index in [2.05, 4.69) is 25.8 Å². The quantitative estimate of drug-likeness (QED) is 0.0715. The first kappa shape index (κ1) is 48.2. The number of rotatable bonds is 20. The van der Waals surface area contributed by atoms with E-state index in [0.29, 0.717) is 25.7 Å². The van der Waals surface area contributed by atoms with Gasteiger partial charge in [-0.1, -0.05) is 13.0 Å². The molecule has 1 unspecified atom stereocenters. The summed E-state index contributed by atoms with van der Waals surface area (Å²) in [6.07, 6.45) is 8.51. The summed E-state index contributed by atoms with van der Waals surface area (Å²) in [7, 11) is 0. The van der Waals surface area contributed by atoms with E-state index in [4.69, 9.17) is 18.9 Å². The maximum Gasteiger partial charge on any atom is 0.266 e. The fourth-order valence-corrected chi connectivity index (χ4v) is 9.73. The number of piperidine rings is 2. The number of nitrogens with zero attached hydrogens (tertiary/aromatic N) is 3. The summed E-state index contributed by atoms with van der Waals surface area (Å²) in [5.41, 5.74) is 2.76. The molecule has 68 heavy (non-hydrogen) atoms. The number of amides is 6. The summed E-state index contributed by atoms with van der Waals surface area (Å²) in [6.45, 7) is 6.31. The van der Waals surface area contributed by atoms with Gasteiger partial charge in [-0.05, 0) is 129 Å². The summed E-state index contributed by atoms with van der Waals surface area (Å²) in [4.78, 5) is 83.6. The molecule has 6 amide bonds. The fourth-order valence-electron chi connectivity index (χ4n) is 9.73. The van der Waals surface area contributed by atoms with Crippen molar-refractivity contribution in [3.63, 3.8) is 0 Å². The molecule has 17 heteroatoms. The van der Waals surface area contributed by atoms with Gasteiger partial charge in [-0.25, -0.2) is 4.39 Å². The molecule has 1 aromatic heterocycles. The van der Waals surface area contributed by atoms with Crippen LogP contribution in [0.5, 0.6) is 11.5 Å². The Bertz CT molecular complexity index is 2470. The Hall–Kier alpha value is -6.30. The van der Waals surface area contributed by atoms with Crippen LogP contribution >= 0.6 is 0 Å². The van der Waals surface area contributed by atoms with Gasteiger partial charge in [0.2, 0.25) is 17.7 Å². The molecule has 3 aliphatic heterocycles. The Kier molecular flexibility index (Phi) is 16.1. The second-order valence-electron chi connectivity index (χ2n) is 18.0. The van der Waals surface area contributed by atoms with Crippen molar-refractivity contribution >= 4 is 52.0 Å². The minimum absolute atomic E-state index is 0.0111. The normalized spacial score (nSPS) is 20.5. The van der Waals surface area contributed by atoms with Gasteiger partial charge in [0.25, 0.3) is 17.7 Å². The third kappa shape index (κ3) is 11.9. The van der Waals surface area contributed by atoms with Gasteiger partial charge >= 0.3 is 0 Å². The van der Waals surface area contributed by atoms with Crippen LogP contribution in [0.25, 0.3) is 10.9 Å². The van der Waals surface area contributed by atoms with E-state index in [-0.39, 0.29) is 72.5 Å². The molecule has 2 saturated heterocycles. The Morgan fingerprint density at radius 3 is 2.40 bits per heavy atom. The van der Waals surface area contributed by atoms with Gasteiger partial charge in [-0.3, -0.25) is 44.0 Å². The smallest absolute Gasteiger partial charge is 0.266 e. The number of pyridine rings is 1. The van der Waals surface area contributed by atoms with Crippen LogP contribution in [-0.2, 0) is 28.7 Å². The molecule has 16 nitrogen and oxygen atoms in total. The number of nitrogens with one attached hydrogen (secondary N) is 3. The standard InChI is InChI=1S/C51H59FN6O10/c1-32(33-6-8-34(9-7-33)39-18-21-53-42-15-10-35(52)30-41(39)42)48(61)55-36-11-13-37(14-12-36)68-38-19-24-57(25-20-38)23-3-26-65-28-29-66-27-22-54-46(60)31-67-44-5-2-4-40-47(44)51(64)58(50(40)63)43-16-17-45(59)56-49(43)62/h2,4-5,10-15,18,21,30,32-34,38,43H,3,6-9,16-17,19-20,22-29,31H2,1H3,(H,54,60)(H,55,61)(H,56,59,62)/t32-,33?,34?,43?/m1/s1. The largest absolute Gasteiger partial charge is 0.490 e. The van der Waals surface area contributed by atoms with Crippen LogP contribution in [0.3, 0.4) is 0 Å². The average Bonchev–Trinajstić information content (AvgIpc) is 3.60. The number of halogens is 1. The van der Waals surface area contributed by atoms with Crippen molar-refractivity contribution in [2.75, 3.05) is 64.5 Å². The van der Waals surface area contributed by atoms with E-state index in [1.807, 2.05) is 37.3 Å². The van der Waals surface area contributed by atoms with Crippen molar-refractivity contribution in [1.82, 2.24) is 25.4 Å². The summed E-state index contributed by atoms with van der Waals surface area (Å²) >= 11 is 0. The van der Waals surface area contributed by atoms with Gasteiger partial charge in [0.05, 0.1) is 36.5 Å². The highest BCUT2D eigenvalue weighted by molar-refractivity contribution is 6.24. The van der Waals surface area contributed by atoms with E-state index >= 15 is 0 Å². The van der Waals surface area contributed by atoms with Crippen molar-refractivity contribution in [2.24, 2.45) is 11.8 Å². The summed E-state index contributed by atoms with van der Waals surface area (Å²) in [6, 6.07) is 17.8. The molecule has 3 fully saturated rings. The number of imide groups is 2. The van der Waals surface area contributed by atoms with Crippen molar-refractivity contribution < 1.29 is 52.1 Å². The van der Waals surface area contributed by atoms with E-state index in [1.165, 1.54) is 24.3 Å². The number of hydrogen-bond acceptors (Lipinski definition) is 12. The van der Waals surface area contributed by atoms with Crippen LogP contribution in [0.15, 0.2) is 72.9 Å². The molecule has 0 spiro atoms. The maximum atomic E-state index is 14.0. The Morgan fingerprint density at radius 1 is 0.868 bits per heavy atom. The summed E-state index contributed by atoms with van der Waals surface area (Å²) in [5, 5.41) is 8.85. The Balaban J connectivity index is 0.637. The van der Waals surface area contributed by atoms with Gasteiger partial charge in [0, 0.05) is 62.4 Å². The van der Waals surface area contributed by atoms with Crippen molar-refractivity contribution in [3.05, 3.63) is 95.4 Å². The first-order chi connectivity index (χ1) is 33.0. The minimum atomic E-state index is -1.10. The van der Waals surface area contributed by atoms with Crippen molar-refractivity contribution in [1.29, 1.82) is 0 Å². The number of hydrogen-bond donors (Lipinski definition) is 3. The topological polar surface area (TPSA) is 195 Å². The Labute approximate surface area is 394 Å². The monoisotopic (exact) mass is 934 g/mol. The SMILES string of the molecule is C[C@@H](C(=O)Nc1ccc(OC2CCN(CCCOCCOCCNC(=O)COc3cccc4c3C(=O)N(C3CCC(=O)NC3=O)C4=O)CC2)cc1)C1CCC(c2ccnc3ccc(F)cc23)CC1. The molecule has 0 bridgehead atoms. The molecule has 360 valence electrons. The fraction of sp³-hybridized carbons (Fsp3) is 0.471. The number of anilines is 1. The number of likely N-dealkylation sites (tertiary alicyclic amines) is 1. The molecule has 2 atom stereocenters. The van der Waals surface area contributed by atoms with Crippen LogP contribution in [-0.4, -0.2) is 122 Å². The number of fused-ring (bicyclic) bond motifs is 2. The second-order valence-corrected chi connectivity index (χ2v) is 18.0. The van der Waals surface area contributed by atoms with Gasteiger partial charge in [-0.2, -0.15) is 0 Å². The highest BCUT2D eigenvalue weighted by atomic mass is 19.1. The molecule has 1 aliphatic carbocycles. The van der Waals surface area contributed by atoms with Gasteiger partial charge in [0.15, 0.2) is 6.61 Å². The van der Waals surface area contributed by atoms with Gasteiger partial charge in [0.1, 0.15) is 29.5 Å². The van der Waals surface area contributed by atoms with E-state index in [1.54, 1.807) is 18.3 Å². The lowest BCUT2D eigenvalue weighted by atomic mass is 9.73. The lowest BCUT2D eigenvalue weighted by Crippen LogP contribution is -2.54. The zero-order chi connectivity index (χ0) is 47.6. The molecule has 1 saturated carbocycles. The first-order valence-electron chi connectivity index (χ1n) is 23.8. The molecule has 3 aromatic carbocycles. The number of ether oxygens (including phenoxy) is 4. The van der Waals surface area contributed by atoms with Crippen LogP contribution in [0.2, 0.25) is 0 Å². The highest BCUT2D eigenvalue weighted by Crippen LogP contribution is 2.41. The molecule has 3 N–H and O–H groups in total. The molecular formula is C51H59FN6O10. The predicted molar refractivity (Wildman–Crippen MR) is 249 cm³/mol. The number of carbonyl (C=O) groups excluding carboxylic acids is 6. The van der Waals surface area contributed by atoms with Gasteiger partial charge < -0.3 is 34.5 Å². The first-order valence-corrected chi connectivity index (χ1v) is 23.8. The molecular weight excluding hydrogens is 876 g/mol. The van der Waals surface area contributed by atoms with Crippen LogP contribution < -0.4 is 25.4 Å². The average molecular weight is 935 g/mol. The predicted octanol–water partition coefficient (Wildman–Crippen LogP) is 5.79. The van der Waals surface area contributed by atoms with Crippen molar-refractivity contribution in [3.8, 4) is 11.5 Å². The van der Waals surface area contributed by atoms with E-state index in [0.717, 1.165) is 97.4 Å². The molecule has 4 aromatic rings. The third-order valence-corrected chi connectivity index (χ3v) is 13.5. The third-order valence-electron chi connectivity index (χ3n) is 13.5. The van der Waals surface area contributed by atoms with Crippen molar-refractivity contribution in [2.45, 2.75) is 82.8 Å². The van der Waals surface area contributed by atoms with Crippen LogP contribution in [0.1, 0.15) is 96.9 Å². The lowest BCUT2D eigenvalue weighted by molar-refractivity contribution is -0.136. The lowest BCUT2D eigenvalue weighted by Gasteiger charge is -2.32. The Morgan fingerprint density at radius 2 is 1.63 bits per heavy atom. The molecule has 4 heterocycles. The zero-order valence-corrected chi connectivity index (χ0v) is 38.3. The number of carbonyl (C=O) groups is 6. The minimum Gasteiger partial charge on any atom is -0.490 e. The van der Waals surface area contributed by atoms with Crippen LogP contribution in [0.4, 0.5) is 10.1 Å². The van der Waals surface area contributed by atoms with Gasteiger partial charge in [-0.15, -0.1) is 0 Å². The van der Waals surface area contributed by atoms with Crippen LogP contribution in [0, 0.1) is 17.7 Å². The highest BCUT2D eigenvalue weighted by Gasteiger charge is 2.46. The molecule has 0 radical (unpaired) electrons. The number of benzene rings is 3. The maximum absolute atomic E-state index is 14.0. The second kappa shape index (κ2) is 22.7.